The Kier molecular flexibility index (Phi) is 1.82. The van der Waals surface area contributed by atoms with E-state index in [1.54, 1.807) is 11.3 Å². The van der Waals surface area contributed by atoms with Gasteiger partial charge in [0, 0.05) is 17.8 Å². The van der Waals surface area contributed by atoms with Gasteiger partial charge in [0.2, 0.25) is 0 Å². The summed E-state index contributed by atoms with van der Waals surface area (Å²) in [7, 11) is 0. The molecule has 0 unspecified atom stereocenters. The summed E-state index contributed by atoms with van der Waals surface area (Å²) >= 11 is 1.61. The van der Waals surface area contributed by atoms with Crippen LogP contribution in [0.5, 0.6) is 0 Å². The molecular weight excluding hydrogens is 208 g/mol. The molecule has 0 saturated heterocycles. The minimum Gasteiger partial charge on any atom is -0.390 e. The molecule has 0 fully saturated rings. The van der Waals surface area contributed by atoms with Crippen molar-refractivity contribution in [2.75, 3.05) is 5.73 Å². The highest BCUT2D eigenvalue weighted by Gasteiger charge is 2.20. The van der Waals surface area contributed by atoms with Crippen molar-refractivity contribution in [3.63, 3.8) is 0 Å². The van der Waals surface area contributed by atoms with Gasteiger partial charge in [-0.25, -0.2) is 0 Å². The van der Waals surface area contributed by atoms with Crippen molar-refractivity contribution in [3.8, 4) is 11.4 Å². The van der Waals surface area contributed by atoms with Crippen LogP contribution in [-0.2, 0) is 13.0 Å². The molecule has 2 N–H and O–H groups in total. The molecule has 2 aromatic rings. The van der Waals surface area contributed by atoms with Crippen LogP contribution in [0.3, 0.4) is 0 Å². The second-order valence-electron chi connectivity index (χ2n) is 3.83. The smallest absolute Gasteiger partial charge is 0.166 e. The number of nitrogens with two attached hydrogens (primary N) is 1. The van der Waals surface area contributed by atoms with Crippen LogP contribution >= 0.6 is 11.3 Å². The number of rotatable bonds is 1. The number of anilines is 1. The van der Waals surface area contributed by atoms with E-state index in [1.165, 1.54) is 11.3 Å². The molecule has 5 heteroatoms. The standard InChI is InChI=1S/C10H12N4S/c1-6-5-7(9(11)15-6)10-13-12-8-3-2-4-14(8)10/h5H,2-4,11H2,1H3. The van der Waals surface area contributed by atoms with E-state index in [0.717, 1.165) is 35.2 Å². The van der Waals surface area contributed by atoms with E-state index in [1.807, 2.05) is 0 Å². The molecule has 0 atom stereocenters. The number of hydrogen-bond donors (Lipinski definition) is 1. The normalized spacial score (nSPS) is 14.5. The summed E-state index contributed by atoms with van der Waals surface area (Å²) < 4.78 is 2.18. The highest BCUT2D eigenvalue weighted by molar-refractivity contribution is 7.16. The highest BCUT2D eigenvalue weighted by Crippen LogP contribution is 2.33. The fourth-order valence-electron chi connectivity index (χ4n) is 2.06. The summed E-state index contributed by atoms with van der Waals surface area (Å²) in [5, 5.41) is 9.25. The maximum absolute atomic E-state index is 5.96. The maximum atomic E-state index is 5.96. The monoisotopic (exact) mass is 220 g/mol. The van der Waals surface area contributed by atoms with Gasteiger partial charge in [-0.05, 0) is 19.4 Å². The molecule has 1 aliphatic rings. The van der Waals surface area contributed by atoms with Gasteiger partial charge in [-0.1, -0.05) is 0 Å². The van der Waals surface area contributed by atoms with Gasteiger partial charge in [0.1, 0.15) is 5.82 Å². The second-order valence-corrected chi connectivity index (χ2v) is 5.12. The molecule has 3 heterocycles. The van der Waals surface area contributed by atoms with E-state index in [4.69, 9.17) is 5.73 Å². The summed E-state index contributed by atoms with van der Waals surface area (Å²) in [4.78, 5) is 1.22. The Morgan fingerprint density at radius 2 is 2.33 bits per heavy atom. The SMILES string of the molecule is Cc1cc(-c2nnc3n2CCC3)c(N)s1. The Morgan fingerprint density at radius 3 is 3.07 bits per heavy atom. The Labute approximate surface area is 91.7 Å². The first kappa shape index (κ1) is 8.91. The molecule has 1 aliphatic heterocycles. The zero-order valence-electron chi connectivity index (χ0n) is 8.53. The molecule has 0 spiro atoms. The van der Waals surface area contributed by atoms with Gasteiger partial charge in [-0.2, -0.15) is 0 Å². The Bertz CT molecular complexity index is 511. The van der Waals surface area contributed by atoms with Gasteiger partial charge >= 0.3 is 0 Å². The predicted molar refractivity (Wildman–Crippen MR) is 60.8 cm³/mol. The summed E-state index contributed by atoms with van der Waals surface area (Å²) in [5.41, 5.74) is 7.00. The molecule has 0 aromatic carbocycles. The van der Waals surface area contributed by atoms with E-state index in [9.17, 15) is 0 Å². The van der Waals surface area contributed by atoms with Crippen LogP contribution in [-0.4, -0.2) is 14.8 Å². The summed E-state index contributed by atoms with van der Waals surface area (Å²) in [5.74, 6) is 2.03. The average Bonchev–Trinajstić information content (AvgIpc) is 2.80. The van der Waals surface area contributed by atoms with Crippen molar-refractivity contribution in [1.82, 2.24) is 14.8 Å². The zero-order valence-corrected chi connectivity index (χ0v) is 9.34. The number of nitrogens with zero attached hydrogens (tertiary/aromatic N) is 3. The van der Waals surface area contributed by atoms with E-state index < -0.39 is 0 Å². The fraction of sp³-hybridized carbons (Fsp3) is 0.400. The van der Waals surface area contributed by atoms with Crippen molar-refractivity contribution >= 4 is 16.3 Å². The van der Waals surface area contributed by atoms with E-state index in [0.29, 0.717) is 0 Å². The van der Waals surface area contributed by atoms with Crippen LogP contribution in [0, 0.1) is 6.92 Å². The van der Waals surface area contributed by atoms with E-state index in [-0.39, 0.29) is 0 Å². The first-order valence-corrected chi connectivity index (χ1v) is 5.85. The third-order valence-electron chi connectivity index (χ3n) is 2.73. The van der Waals surface area contributed by atoms with Crippen molar-refractivity contribution in [2.45, 2.75) is 26.3 Å². The molecule has 3 rings (SSSR count). The third kappa shape index (κ3) is 1.26. The number of fused-ring (bicyclic) bond motifs is 1. The van der Waals surface area contributed by atoms with E-state index in [2.05, 4.69) is 27.8 Å². The number of hydrogen-bond acceptors (Lipinski definition) is 4. The van der Waals surface area contributed by atoms with Gasteiger partial charge in [0.05, 0.1) is 10.6 Å². The van der Waals surface area contributed by atoms with Crippen LogP contribution < -0.4 is 5.73 Å². The molecule has 0 radical (unpaired) electrons. The topological polar surface area (TPSA) is 56.7 Å². The number of aromatic nitrogens is 3. The predicted octanol–water partition coefficient (Wildman–Crippen LogP) is 1.84. The molecule has 15 heavy (non-hydrogen) atoms. The molecule has 4 nitrogen and oxygen atoms in total. The Hall–Kier alpha value is -1.36. The lowest BCUT2D eigenvalue weighted by Crippen LogP contribution is -1.97. The minimum absolute atomic E-state index is 0.842. The summed E-state index contributed by atoms with van der Waals surface area (Å²) in [6, 6.07) is 2.09. The maximum Gasteiger partial charge on any atom is 0.166 e. The van der Waals surface area contributed by atoms with Crippen LogP contribution in [0.2, 0.25) is 0 Å². The highest BCUT2D eigenvalue weighted by atomic mass is 32.1. The van der Waals surface area contributed by atoms with Gasteiger partial charge in [0.15, 0.2) is 5.82 Å². The van der Waals surface area contributed by atoms with Crippen LogP contribution in [0.1, 0.15) is 17.1 Å². The summed E-state index contributed by atoms with van der Waals surface area (Å²) in [6.07, 6.45) is 2.21. The van der Waals surface area contributed by atoms with Crippen molar-refractivity contribution in [1.29, 1.82) is 0 Å². The zero-order chi connectivity index (χ0) is 10.4. The number of aryl methyl sites for hydroxylation is 2. The quantitative estimate of drug-likeness (QED) is 0.797. The largest absolute Gasteiger partial charge is 0.390 e. The molecule has 0 saturated carbocycles. The van der Waals surface area contributed by atoms with Crippen LogP contribution in [0.4, 0.5) is 5.00 Å². The van der Waals surface area contributed by atoms with Gasteiger partial charge in [-0.3, -0.25) is 0 Å². The molecule has 0 aliphatic carbocycles. The fourth-order valence-corrected chi connectivity index (χ4v) is 2.84. The molecule has 2 aromatic heterocycles. The van der Waals surface area contributed by atoms with Crippen molar-refractivity contribution in [2.24, 2.45) is 0 Å². The second kappa shape index (κ2) is 3.06. The molecule has 78 valence electrons. The molecule has 0 amide bonds. The van der Waals surface area contributed by atoms with Crippen LogP contribution in [0.25, 0.3) is 11.4 Å². The lowest BCUT2D eigenvalue weighted by atomic mass is 10.3. The van der Waals surface area contributed by atoms with E-state index >= 15 is 0 Å². The van der Waals surface area contributed by atoms with Crippen LogP contribution in [0.15, 0.2) is 6.07 Å². The first-order valence-electron chi connectivity index (χ1n) is 5.04. The first-order chi connectivity index (χ1) is 7.25. The Morgan fingerprint density at radius 1 is 1.47 bits per heavy atom. The van der Waals surface area contributed by atoms with Crippen molar-refractivity contribution in [3.05, 3.63) is 16.8 Å². The third-order valence-corrected chi connectivity index (χ3v) is 3.61. The Balaban J connectivity index is 2.16. The minimum atomic E-state index is 0.842. The number of thiophene rings is 1. The lowest BCUT2D eigenvalue weighted by Gasteiger charge is -2.00. The number of nitrogen functional groups attached to an aromatic ring is 1. The van der Waals surface area contributed by atoms with Gasteiger partial charge in [0.25, 0.3) is 0 Å². The lowest BCUT2D eigenvalue weighted by molar-refractivity contribution is 0.749. The van der Waals surface area contributed by atoms with Gasteiger partial charge < -0.3 is 10.3 Å². The molecule has 0 bridgehead atoms. The van der Waals surface area contributed by atoms with Gasteiger partial charge in [-0.15, -0.1) is 21.5 Å². The van der Waals surface area contributed by atoms with Crippen molar-refractivity contribution < 1.29 is 0 Å². The molecular formula is C10H12N4S. The average molecular weight is 220 g/mol. The summed E-state index contributed by atoms with van der Waals surface area (Å²) in [6.45, 7) is 3.08.